The van der Waals surface area contributed by atoms with Gasteiger partial charge in [-0.1, -0.05) is 0 Å². The SMILES string of the molecule is CC(O)C(C)Nc1cc[nH]c(=O)c1N. The zero-order valence-corrected chi connectivity index (χ0v) is 8.24. The predicted octanol–water partition coefficient (Wildman–Crippen LogP) is 0.138. The Kier molecular flexibility index (Phi) is 3.14. The van der Waals surface area contributed by atoms with Gasteiger partial charge in [-0.05, 0) is 19.9 Å². The summed E-state index contributed by atoms with van der Waals surface area (Å²) in [5.74, 6) is 0. The maximum atomic E-state index is 11.1. The summed E-state index contributed by atoms with van der Waals surface area (Å²) in [6, 6.07) is 1.51. The summed E-state index contributed by atoms with van der Waals surface area (Å²) in [7, 11) is 0. The van der Waals surface area contributed by atoms with E-state index in [1.54, 1.807) is 13.0 Å². The van der Waals surface area contributed by atoms with E-state index in [1.165, 1.54) is 6.20 Å². The Morgan fingerprint density at radius 1 is 1.57 bits per heavy atom. The van der Waals surface area contributed by atoms with Crippen molar-refractivity contribution in [1.82, 2.24) is 4.98 Å². The summed E-state index contributed by atoms with van der Waals surface area (Å²) in [6.07, 6.45) is 1.00. The topological polar surface area (TPSA) is 91.1 Å². The second-order valence-corrected chi connectivity index (χ2v) is 3.31. The lowest BCUT2D eigenvalue weighted by atomic mass is 10.2. The first-order chi connectivity index (χ1) is 6.52. The fourth-order valence-corrected chi connectivity index (χ4v) is 0.982. The number of nitrogen functional groups attached to an aromatic ring is 1. The Bertz CT molecular complexity index is 359. The van der Waals surface area contributed by atoms with E-state index in [9.17, 15) is 9.90 Å². The standard InChI is InChI=1S/C9H15N3O2/c1-5(6(2)13)12-7-3-4-11-9(14)8(7)10/h3-6,13H,10H2,1-2H3,(H2,11,12,14). The molecule has 0 saturated heterocycles. The number of hydrogen-bond donors (Lipinski definition) is 4. The van der Waals surface area contributed by atoms with Crippen LogP contribution in [-0.2, 0) is 0 Å². The molecule has 0 amide bonds. The summed E-state index contributed by atoms with van der Waals surface area (Å²) in [4.78, 5) is 13.6. The van der Waals surface area contributed by atoms with Crippen LogP contribution in [0.25, 0.3) is 0 Å². The number of aliphatic hydroxyl groups excluding tert-OH is 1. The molecule has 78 valence electrons. The second-order valence-electron chi connectivity index (χ2n) is 3.31. The fourth-order valence-electron chi connectivity index (χ4n) is 0.982. The van der Waals surface area contributed by atoms with Gasteiger partial charge >= 0.3 is 0 Å². The molecule has 1 heterocycles. The molecule has 0 spiro atoms. The lowest BCUT2D eigenvalue weighted by Crippen LogP contribution is -2.29. The zero-order chi connectivity index (χ0) is 10.7. The first-order valence-electron chi connectivity index (χ1n) is 4.44. The molecule has 0 aromatic carbocycles. The monoisotopic (exact) mass is 197 g/mol. The Hall–Kier alpha value is -1.49. The summed E-state index contributed by atoms with van der Waals surface area (Å²) < 4.78 is 0. The molecule has 0 aliphatic rings. The molecular weight excluding hydrogens is 182 g/mol. The smallest absolute Gasteiger partial charge is 0.273 e. The van der Waals surface area contributed by atoms with Crippen molar-refractivity contribution in [3.8, 4) is 0 Å². The van der Waals surface area contributed by atoms with Crippen molar-refractivity contribution >= 4 is 11.4 Å². The van der Waals surface area contributed by atoms with Gasteiger partial charge in [-0.3, -0.25) is 4.79 Å². The van der Waals surface area contributed by atoms with E-state index in [-0.39, 0.29) is 17.3 Å². The van der Waals surface area contributed by atoms with E-state index in [0.29, 0.717) is 5.69 Å². The van der Waals surface area contributed by atoms with Gasteiger partial charge in [0.15, 0.2) is 0 Å². The minimum absolute atomic E-state index is 0.139. The third-order valence-electron chi connectivity index (χ3n) is 2.11. The third-order valence-corrected chi connectivity index (χ3v) is 2.11. The molecular formula is C9H15N3O2. The van der Waals surface area contributed by atoms with Crippen LogP contribution < -0.4 is 16.6 Å². The minimum Gasteiger partial charge on any atom is -0.393 e. The van der Waals surface area contributed by atoms with E-state index in [2.05, 4.69) is 10.3 Å². The normalized spacial score (nSPS) is 14.8. The summed E-state index contributed by atoms with van der Waals surface area (Å²) in [6.45, 7) is 3.48. The van der Waals surface area contributed by atoms with Gasteiger partial charge in [0.25, 0.3) is 5.56 Å². The molecule has 0 aliphatic carbocycles. The molecule has 0 aliphatic heterocycles. The first-order valence-corrected chi connectivity index (χ1v) is 4.44. The number of aliphatic hydroxyl groups is 1. The predicted molar refractivity (Wildman–Crippen MR) is 56.2 cm³/mol. The number of rotatable bonds is 3. The highest BCUT2D eigenvalue weighted by Crippen LogP contribution is 2.13. The number of hydrogen-bond acceptors (Lipinski definition) is 4. The van der Waals surface area contributed by atoms with Crippen LogP contribution in [-0.4, -0.2) is 22.2 Å². The van der Waals surface area contributed by atoms with Crippen LogP contribution in [0.5, 0.6) is 0 Å². The van der Waals surface area contributed by atoms with Gasteiger partial charge in [0, 0.05) is 12.2 Å². The van der Waals surface area contributed by atoms with Gasteiger partial charge in [-0.2, -0.15) is 0 Å². The molecule has 1 aromatic rings. The highest BCUT2D eigenvalue weighted by molar-refractivity contribution is 5.64. The van der Waals surface area contributed by atoms with Gasteiger partial charge in [0.2, 0.25) is 0 Å². The quantitative estimate of drug-likeness (QED) is 0.554. The van der Waals surface area contributed by atoms with Gasteiger partial charge in [0.1, 0.15) is 5.69 Å². The molecule has 2 atom stereocenters. The average Bonchev–Trinajstić information content (AvgIpc) is 2.12. The maximum absolute atomic E-state index is 11.1. The lowest BCUT2D eigenvalue weighted by Gasteiger charge is -2.18. The van der Waals surface area contributed by atoms with Crippen LogP contribution in [0.15, 0.2) is 17.1 Å². The molecule has 0 saturated carbocycles. The average molecular weight is 197 g/mol. The van der Waals surface area contributed by atoms with Crippen molar-refractivity contribution in [1.29, 1.82) is 0 Å². The van der Waals surface area contributed by atoms with Crippen LogP contribution in [0, 0.1) is 0 Å². The van der Waals surface area contributed by atoms with Crippen LogP contribution in [0.4, 0.5) is 11.4 Å². The van der Waals surface area contributed by atoms with E-state index < -0.39 is 6.10 Å². The molecule has 0 fully saturated rings. The maximum Gasteiger partial charge on any atom is 0.273 e. The van der Waals surface area contributed by atoms with Crippen LogP contribution in [0.1, 0.15) is 13.8 Å². The highest BCUT2D eigenvalue weighted by Gasteiger charge is 2.10. The van der Waals surface area contributed by atoms with E-state index in [4.69, 9.17) is 5.73 Å². The van der Waals surface area contributed by atoms with E-state index >= 15 is 0 Å². The number of anilines is 2. The number of H-pyrrole nitrogens is 1. The molecule has 2 unspecified atom stereocenters. The minimum atomic E-state index is -0.506. The number of nitrogens with one attached hydrogen (secondary N) is 2. The molecule has 0 bridgehead atoms. The third kappa shape index (κ3) is 2.26. The van der Waals surface area contributed by atoms with Crippen LogP contribution in [0.2, 0.25) is 0 Å². The van der Waals surface area contributed by atoms with Crippen LogP contribution >= 0.6 is 0 Å². The van der Waals surface area contributed by atoms with Gasteiger partial charge in [-0.15, -0.1) is 0 Å². The van der Waals surface area contributed by atoms with E-state index in [1.807, 2.05) is 6.92 Å². The highest BCUT2D eigenvalue weighted by atomic mass is 16.3. The molecule has 1 aromatic heterocycles. The molecule has 14 heavy (non-hydrogen) atoms. The number of pyridine rings is 1. The van der Waals surface area contributed by atoms with Crippen molar-refractivity contribution < 1.29 is 5.11 Å². The summed E-state index contributed by atoms with van der Waals surface area (Å²) in [5, 5.41) is 12.2. The molecule has 1 rings (SSSR count). The summed E-state index contributed by atoms with van der Waals surface area (Å²) in [5.41, 5.74) is 5.90. The number of nitrogens with two attached hydrogens (primary N) is 1. The van der Waals surface area contributed by atoms with Gasteiger partial charge < -0.3 is 21.1 Å². The Balaban J connectivity index is 2.87. The van der Waals surface area contributed by atoms with Crippen molar-refractivity contribution in [2.75, 3.05) is 11.1 Å². The Labute approximate surface area is 82.0 Å². The number of aromatic nitrogens is 1. The van der Waals surface area contributed by atoms with Crippen LogP contribution in [0.3, 0.4) is 0 Å². The number of aromatic amines is 1. The van der Waals surface area contributed by atoms with E-state index in [0.717, 1.165) is 0 Å². The largest absolute Gasteiger partial charge is 0.393 e. The first kappa shape index (κ1) is 10.6. The second kappa shape index (κ2) is 4.15. The van der Waals surface area contributed by atoms with Gasteiger partial charge in [0.05, 0.1) is 11.8 Å². The van der Waals surface area contributed by atoms with Gasteiger partial charge in [-0.25, -0.2) is 0 Å². The van der Waals surface area contributed by atoms with Crippen molar-refractivity contribution in [2.24, 2.45) is 0 Å². The van der Waals surface area contributed by atoms with Crippen molar-refractivity contribution in [3.63, 3.8) is 0 Å². The molecule has 5 N–H and O–H groups in total. The van der Waals surface area contributed by atoms with Crippen molar-refractivity contribution in [2.45, 2.75) is 26.0 Å². The lowest BCUT2D eigenvalue weighted by molar-refractivity contribution is 0.178. The van der Waals surface area contributed by atoms with Crippen molar-refractivity contribution in [3.05, 3.63) is 22.6 Å². The molecule has 5 nitrogen and oxygen atoms in total. The zero-order valence-electron chi connectivity index (χ0n) is 8.24. The fraction of sp³-hybridized carbons (Fsp3) is 0.444. The summed E-state index contributed by atoms with van der Waals surface area (Å²) >= 11 is 0. The molecule has 5 heteroatoms. The Morgan fingerprint density at radius 3 is 2.79 bits per heavy atom. The Morgan fingerprint density at radius 2 is 2.21 bits per heavy atom. The molecule has 0 radical (unpaired) electrons.